The Bertz CT molecular complexity index is 4840. The van der Waals surface area contributed by atoms with Crippen LogP contribution in [0.25, 0.3) is 132 Å². The molecule has 0 spiro atoms. The zero-order valence-electron chi connectivity index (χ0n) is 40.7. The summed E-state index contributed by atoms with van der Waals surface area (Å²) >= 11 is 2.27. The van der Waals surface area contributed by atoms with Crippen molar-refractivity contribution in [1.29, 1.82) is 10.5 Å². The van der Waals surface area contributed by atoms with Crippen LogP contribution in [-0.4, -0.2) is 27.5 Å². The van der Waals surface area contributed by atoms with E-state index in [1.807, 2.05) is 133 Å². The zero-order chi connectivity index (χ0) is 53.9. The Balaban J connectivity index is 0.000000150. The van der Waals surface area contributed by atoms with E-state index < -0.39 is 45.8 Å². The van der Waals surface area contributed by atoms with Crippen LogP contribution in [0.4, 0.5) is 22.0 Å². The van der Waals surface area contributed by atoms with Crippen LogP contribution in [0.15, 0.2) is 188 Å². The summed E-state index contributed by atoms with van der Waals surface area (Å²) in [6.07, 6.45) is 0. The Hall–Kier alpha value is -10.2. The Morgan fingerprint density at radius 3 is 1.25 bits per heavy atom. The highest BCUT2D eigenvalue weighted by atomic mass is 32.1. The number of nitriles is 2. The van der Waals surface area contributed by atoms with Crippen molar-refractivity contribution in [2.45, 2.75) is 0 Å². The molecule has 0 fully saturated rings. The SMILES string of the molecule is N#Cc1c(F)cc(-c2ccc(-c3cc4c(-c5ccccc5)nc5ccccc5c4c4nsnc34)cc2)cc1F.N#Cc1cc(F)c(-c2ccc(-c3cc4c(-c5ccccc5)nc5ccccc5c4c4nsnc34)cc2)c(F)c1F. The molecule has 4 aromatic heterocycles. The number of pyridine rings is 2. The number of rotatable bonds is 6. The fourth-order valence-corrected chi connectivity index (χ4v) is 11.4. The van der Waals surface area contributed by atoms with E-state index >= 15 is 0 Å². The first-order valence-corrected chi connectivity index (χ1v) is 25.9. The lowest BCUT2D eigenvalue weighted by Crippen LogP contribution is -1.98. The number of fused-ring (bicyclic) bond motifs is 10. The molecule has 0 bridgehead atoms. The van der Waals surface area contributed by atoms with Crippen molar-refractivity contribution in [2.75, 3.05) is 0 Å². The monoisotopic (exact) mass is 1070 g/mol. The van der Waals surface area contributed by atoms with E-state index in [4.69, 9.17) is 24.9 Å². The molecule has 0 unspecified atom stereocenters. The molecule has 0 aliphatic heterocycles. The number of para-hydroxylation sites is 2. The number of halogens is 5. The van der Waals surface area contributed by atoms with E-state index in [1.165, 1.54) is 30.3 Å². The van der Waals surface area contributed by atoms with E-state index in [1.54, 1.807) is 18.2 Å². The molecule has 0 radical (unpaired) electrons. The largest absolute Gasteiger partial charge is 0.247 e. The summed E-state index contributed by atoms with van der Waals surface area (Å²) in [5.74, 6) is -5.54. The highest BCUT2D eigenvalue weighted by Crippen LogP contribution is 2.44. The number of nitrogens with zero attached hydrogens (tertiary/aromatic N) is 8. The van der Waals surface area contributed by atoms with E-state index in [-0.39, 0.29) is 5.56 Å². The molecule has 0 atom stereocenters. The average molecular weight is 1070 g/mol. The maximum atomic E-state index is 14.7. The van der Waals surface area contributed by atoms with Crippen LogP contribution >= 0.6 is 23.5 Å². The lowest BCUT2D eigenvalue weighted by molar-refractivity contribution is 0.496. The van der Waals surface area contributed by atoms with Crippen LogP contribution in [0.3, 0.4) is 0 Å². The summed E-state index contributed by atoms with van der Waals surface area (Å²) in [6, 6.07) is 60.0. The predicted octanol–water partition coefficient (Wildman–Crippen LogP) is 17.2. The van der Waals surface area contributed by atoms with E-state index in [9.17, 15) is 22.0 Å². The van der Waals surface area contributed by atoms with Gasteiger partial charge in [-0.15, -0.1) is 0 Å². The molecular weight excluding hydrogens is 1040 g/mol. The molecule has 4 heterocycles. The summed E-state index contributed by atoms with van der Waals surface area (Å²) in [4.78, 5) is 10.1. The third kappa shape index (κ3) is 8.33. The quantitative estimate of drug-likeness (QED) is 0.0916. The lowest BCUT2D eigenvalue weighted by atomic mass is 9.93. The van der Waals surface area contributed by atoms with E-state index in [2.05, 4.69) is 25.3 Å². The Kier molecular flexibility index (Phi) is 12.1. The van der Waals surface area contributed by atoms with Gasteiger partial charge in [0.25, 0.3) is 0 Å². The Morgan fingerprint density at radius 2 is 0.785 bits per heavy atom. The molecule has 14 aromatic rings. The van der Waals surface area contributed by atoms with Gasteiger partial charge in [-0.05, 0) is 70.3 Å². The van der Waals surface area contributed by atoms with Gasteiger partial charge in [-0.3, -0.25) is 0 Å². The van der Waals surface area contributed by atoms with Gasteiger partial charge in [-0.25, -0.2) is 31.9 Å². The van der Waals surface area contributed by atoms with Gasteiger partial charge < -0.3 is 0 Å². The van der Waals surface area contributed by atoms with Gasteiger partial charge in [0.1, 0.15) is 57.2 Å². The minimum atomic E-state index is -1.40. The molecular formula is C64H31F5N8S2. The number of benzene rings is 10. The second-order valence-corrected chi connectivity index (χ2v) is 19.5. The minimum Gasteiger partial charge on any atom is -0.247 e. The van der Waals surface area contributed by atoms with Gasteiger partial charge in [0.15, 0.2) is 11.6 Å². The van der Waals surface area contributed by atoms with E-state index in [0.717, 1.165) is 128 Å². The molecule has 0 saturated carbocycles. The van der Waals surface area contributed by atoms with Crippen LogP contribution in [-0.2, 0) is 0 Å². The molecule has 0 saturated heterocycles. The second-order valence-electron chi connectivity index (χ2n) is 18.4. The molecule has 0 N–H and O–H groups in total. The van der Waals surface area contributed by atoms with Crippen LogP contribution in [0.2, 0.25) is 0 Å². The molecule has 374 valence electrons. The first-order valence-electron chi connectivity index (χ1n) is 24.4. The first kappa shape index (κ1) is 48.5. The molecule has 15 heteroatoms. The second kappa shape index (κ2) is 19.7. The predicted molar refractivity (Wildman–Crippen MR) is 302 cm³/mol. The van der Waals surface area contributed by atoms with Crippen LogP contribution in [0.5, 0.6) is 0 Å². The van der Waals surface area contributed by atoms with Crippen molar-refractivity contribution in [3.05, 3.63) is 228 Å². The van der Waals surface area contributed by atoms with Gasteiger partial charge in [0.05, 0.1) is 57.0 Å². The summed E-state index contributed by atoms with van der Waals surface area (Å²) in [5, 5.41) is 23.7. The number of hydrogen-bond acceptors (Lipinski definition) is 10. The van der Waals surface area contributed by atoms with Crippen molar-refractivity contribution in [3.8, 4) is 79.2 Å². The fraction of sp³-hybridized carbons (Fsp3) is 0. The molecule has 0 amide bonds. The first-order chi connectivity index (χ1) is 38.7. The van der Waals surface area contributed by atoms with Gasteiger partial charge >= 0.3 is 0 Å². The standard InChI is InChI=1S/C32H15F3N4S.C32H16F2N4S/c33-24-14-20(16-36)28(34)29(35)26(24)18-12-10-17(11-13-18)22-15-23-27(32-31(22)38-40-39-32)21-8-4-5-9-25(21)37-30(23)19-6-2-1-3-7-19;33-26-14-21(15-27(34)25(26)17-35)18-10-12-19(13-11-18)23-16-24-29(32-31(23)37-39-38-32)22-8-4-5-9-28(22)36-30(24)20-6-2-1-3-7-20/h1-15H;1-16H. The van der Waals surface area contributed by atoms with Gasteiger partial charge in [0.2, 0.25) is 0 Å². The fourth-order valence-electron chi connectivity index (χ4n) is 10.2. The molecule has 0 aliphatic carbocycles. The van der Waals surface area contributed by atoms with Crippen LogP contribution < -0.4 is 0 Å². The highest BCUT2D eigenvalue weighted by molar-refractivity contribution is 7.00. The number of hydrogen-bond donors (Lipinski definition) is 0. The molecule has 10 aromatic carbocycles. The number of aromatic nitrogens is 6. The third-order valence-corrected chi connectivity index (χ3v) is 15.0. The summed E-state index contributed by atoms with van der Waals surface area (Å²) in [5.41, 5.74) is 11.0. The van der Waals surface area contributed by atoms with Crippen molar-refractivity contribution < 1.29 is 22.0 Å². The minimum absolute atomic E-state index is 0.146. The molecule has 0 aliphatic rings. The normalized spacial score (nSPS) is 11.3. The Labute approximate surface area is 453 Å². The van der Waals surface area contributed by atoms with E-state index in [0.29, 0.717) is 22.7 Å². The van der Waals surface area contributed by atoms with Crippen molar-refractivity contribution >= 4 is 88.9 Å². The molecule has 79 heavy (non-hydrogen) atoms. The van der Waals surface area contributed by atoms with Crippen LogP contribution in [0.1, 0.15) is 11.1 Å². The van der Waals surface area contributed by atoms with Gasteiger partial charge in [-0.1, -0.05) is 146 Å². The van der Waals surface area contributed by atoms with Crippen LogP contribution in [0, 0.1) is 51.7 Å². The molecule has 8 nitrogen and oxygen atoms in total. The Morgan fingerprint density at radius 1 is 0.354 bits per heavy atom. The lowest BCUT2D eigenvalue weighted by Gasteiger charge is -2.13. The van der Waals surface area contributed by atoms with Crippen molar-refractivity contribution in [3.63, 3.8) is 0 Å². The summed E-state index contributed by atoms with van der Waals surface area (Å²) in [7, 11) is 0. The smallest absolute Gasteiger partial charge is 0.177 e. The molecule has 14 rings (SSSR count). The summed E-state index contributed by atoms with van der Waals surface area (Å²) < 4.78 is 90.8. The van der Waals surface area contributed by atoms with Crippen molar-refractivity contribution in [1.82, 2.24) is 27.5 Å². The maximum Gasteiger partial charge on any atom is 0.177 e. The third-order valence-electron chi connectivity index (χ3n) is 13.9. The zero-order valence-corrected chi connectivity index (χ0v) is 42.3. The summed E-state index contributed by atoms with van der Waals surface area (Å²) in [6.45, 7) is 0. The van der Waals surface area contributed by atoms with Crippen molar-refractivity contribution in [2.24, 2.45) is 0 Å². The van der Waals surface area contributed by atoms with Gasteiger partial charge in [0, 0.05) is 54.6 Å². The topological polar surface area (TPSA) is 125 Å². The van der Waals surface area contributed by atoms with Gasteiger partial charge in [-0.2, -0.15) is 28.0 Å². The highest BCUT2D eigenvalue weighted by Gasteiger charge is 2.24. The maximum absolute atomic E-state index is 14.7. The average Bonchev–Trinajstić information content (AvgIpc) is 4.26.